The van der Waals surface area contributed by atoms with Gasteiger partial charge in [0.15, 0.2) is 12.2 Å². The number of esters is 2. The van der Waals surface area contributed by atoms with E-state index in [4.69, 9.17) is 9.47 Å². The molecule has 0 aliphatic heterocycles. The van der Waals surface area contributed by atoms with Crippen LogP contribution in [-0.4, -0.2) is 38.3 Å². The molecule has 0 saturated carbocycles. The lowest BCUT2D eigenvalue weighted by Gasteiger charge is -2.18. The second kappa shape index (κ2) is 14.5. The highest BCUT2D eigenvalue weighted by molar-refractivity contribution is 6.03. The van der Waals surface area contributed by atoms with E-state index in [0.717, 1.165) is 0 Å². The SMILES string of the molecule is O=C(O[C@H](C(=O)c1ccccc1)c1ccc([N+](=O)[O-])cc1)c1cccc(C(=O)O[C@H](C(=O)c2ccccc2)c2ccc([N+](=O)[O-])cc2)n1. The molecule has 0 amide bonds. The molecule has 4 aromatic carbocycles. The summed E-state index contributed by atoms with van der Waals surface area (Å²) in [7, 11) is 0. The Balaban J connectivity index is 1.41. The summed E-state index contributed by atoms with van der Waals surface area (Å²) in [5.74, 6) is -3.41. The smallest absolute Gasteiger partial charge is 0.358 e. The van der Waals surface area contributed by atoms with Gasteiger partial charge in [-0.05, 0) is 36.4 Å². The van der Waals surface area contributed by atoms with Crippen molar-refractivity contribution in [3.8, 4) is 0 Å². The van der Waals surface area contributed by atoms with Crippen LogP contribution < -0.4 is 0 Å². The number of nitro benzene ring substituents is 2. The summed E-state index contributed by atoms with van der Waals surface area (Å²) >= 11 is 0. The van der Waals surface area contributed by atoms with Crippen molar-refractivity contribution in [2.45, 2.75) is 12.2 Å². The van der Waals surface area contributed by atoms with Crippen LogP contribution in [0.15, 0.2) is 127 Å². The number of ether oxygens (including phenoxy) is 2. The van der Waals surface area contributed by atoms with E-state index in [1.165, 1.54) is 91.0 Å². The maximum atomic E-state index is 13.4. The van der Waals surface area contributed by atoms with Crippen LogP contribution in [0.25, 0.3) is 0 Å². The minimum Gasteiger partial charge on any atom is -0.444 e. The van der Waals surface area contributed by atoms with Crippen LogP contribution in [0.1, 0.15) is 65.0 Å². The zero-order valence-corrected chi connectivity index (χ0v) is 24.7. The largest absolute Gasteiger partial charge is 0.444 e. The Bertz CT molecular complexity index is 1860. The number of rotatable bonds is 12. The number of ketones is 2. The van der Waals surface area contributed by atoms with Crippen molar-refractivity contribution in [3.05, 3.63) is 181 Å². The van der Waals surface area contributed by atoms with Crippen LogP contribution in [0.4, 0.5) is 11.4 Å². The van der Waals surface area contributed by atoms with Crippen LogP contribution in [0, 0.1) is 20.2 Å². The standard InChI is InChI=1S/C35H23N3O10/c39-30(22-8-3-1-4-9-22)32(24-14-18-26(19-15-24)37(43)44)47-34(41)28-12-7-13-29(36-28)35(42)48-33(31(40)23-10-5-2-6-11-23)25-16-20-27(21-17-25)38(45)46/h1-21,32-33H/t32-,33-/m0/s1. The summed E-state index contributed by atoms with van der Waals surface area (Å²) in [5.41, 5.74) is -0.494. The van der Waals surface area contributed by atoms with E-state index < -0.39 is 45.6 Å². The number of pyridine rings is 1. The van der Waals surface area contributed by atoms with Crippen molar-refractivity contribution in [2.24, 2.45) is 0 Å². The fourth-order valence-electron chi connectivity index (χ4n) is 4.59. The molecule has 0 aliphatic rings. The molecule has 0 fully saturated rings. The Morgan fingerprint density at radius 1 is 0.500 bits per heavy atom. The van der Waals surface area contributed by atoms with Crippen LogP contribution in [0.2, 0.25) is 0 Å². The number of aromatic nitrogens is 1. The van der Waals surface area contributed by atoms with Crippen LogP contribution in [0.3, 0.4) is 0 Å². The highest BCUT2D eigenvalue weighted by Crippen LogP contribution is 2.28. The van der Waals surface area contributed by atoms with E-state index in [0.29, 0.717) is 0 Å². The number of carbonyl (C=O) groups is 4. The van der Waals surface area contributed by atoms with Gasteiger partial charge in [-0.15, -0.1) is 0 Å². The zero-order chi connectivity index (χ0) is 34.2. The summed E-state index contributed by atoms with van der Waals surface area (Å²) in [6.07, 6.45) is -3.04. The summed E-state index contributed by atoms with van der Waals surface area (Å²) < 4.78 is 11.1. The van der Waals surface area contributed by atoms with Crippen molar-refractivity contribution in [1.82, 2.24) is 4.98 Å². The molecule has 2 atom stereocenters. The van der Waals surface area contributed by atoms with Gasteiger partial charge in [0.1, 0.15) is 11.4 Å². The first-order valence-corrected chi connectivity index (χ1v) is 14.2. The minimum absolute atomic E-state index is 0.156. The van der Waals surface area contributed by atoms with Crippen molar-refractivity contribution in [3.63, 3.8) is 0 Å². The molecule has 0 unspecified atom stereocenters. The molecule has 5 rings (SSSR count). The Kier molecular flexibility index (Phi) is 9.80. The molecular weight excluding hydrogens is 622 g/mol. The number of Topliss-reactive ketones (excluding diaryl/α,β-unsaturated/α-hetero) is 2. The van der Waals surface area contributed by atoms with Gasteiger partial charge in [-0.25, -0.2) is 14.6 Å². The second-order valence-corrected chi connectivity index (χ2v) is 10.1. The van der Waals surface area contributed by atoms with Gasteiger partial charge in [0.25, 0.3) is 11.4 Å². The molecule has 0 N–H and O–H groups in total. The maximum absolute atomic E-state index is 13.4. The topological polar surface area (TPSA) is 186 Å². The molecule has 48 heavy (non-hydrogen) atoms. The second-order valence-electron chi connectivity index (χ2n) is 10.1. The molecule has 5 aromatic rings. The summed E-state index contributed by atoms with van der Waals surface area (Å²) in [4.78, 5) is 78.6. The Morgan fingerprint density at radius 2 is 0.854 bits per heavy atom. The van der Waals surface area contributed by atoms with Crippen molar-refractivity contribution >= 4 is 34.9 Å². The molecule has 1 heterocycles. The third-order valence-electron chi connectivity index (χ3n) is 7.02. The number of carbonyl (C=O) groups excluding carboxylic acids is 4. The Hall–Kier alpha value is -6.89. The predicted molar refractivity (Wildman–Crippen MR) is 168 cm³/mol. The van der Waals surface area contributed by atoms with Gasteiger partial charge in [0.2, 0.25) is 11.6 Å². The van der Waals surface area contributed by atoms with E-state index in [1.807, 2.05) is 0 Å². The van der Waals surface area contributed by atoms with E-state index in [2.05, 4.69) is 4.98 Å². The third kappa shape index (κ3) is 7.49. The number of nitro groups is 2. The quantitative estimate of drug-likeness (QED) is 0.0627. The Labute approximate surface area is 271 Å². The van der Waals surface area contributed by atoms with Crippen LogP contribution >= 0.6 is 0 Å². The highest BCUT2D eigenvalue weighted by Gasteiger charge is 2.30. The number of non-ortho nitro benzene ring substituents is 2. The lowest BCUT2D eigenvalue weighted by molar-refractivity contribution is -0.385. The predicted octanol–water partition coefficient (Wildman–Crippen LogP) is 6.46. The molecule has 238 valence electrons. The summed E-state index contributed by atoms with van der Waals surface area (Å²) in [6, 6.07) is 29.5. The first-order valence-electron chi connectivity index (χ1n) is 14.2. The Morgan fingerprint density at radius 3 is 1.19 bits per heavy atom. The lowest BCUT2D eigenvalue weighted by Crippen LogP contribution is -2.23. The maximum Gasteiger partial charge on any atom is 0.358 e. The van der Waals surface area contributed by atoms with Gasteiger partial charge >= 0.3 is 11.9 Å². The number of benzene rings is 4. The average Bonchev–Trinajstić information content (AvgIpc) is 3.13. The van der Waals surface area contributed by atoms with Gasteiger partial charge in [-0.2, -0.15) is 0 Å². The highest BCUT2D eigenvalue weighted by atomic mass is 16.6. The summed E-state index contributed by atoms with van der Waals surface area (Å²) in [6.45, 7) is 0. The van der Waals surface area contributed by atoms with Gasteiger partial charge in [-0.1, -0.05) is 66.7 Å². The van der Waals surface area contributed by atoms with Gasteiger partial charge in [0, 0.05) is 46.5 Å². The molecule has 0 saturated heterocycles. The fraction of sp³-hybridized carbons (Fsp3) is 0.0571. The molecule has 0 bridgehead atoms. The zero-order valence-electron chi connectivity index (χ0n) is 24.7. The molecule has 0 aliphatic carbocycles. The minimum atomic E-state index is -1.52. The number of hydrogen-bond donors (Lipinski definition) is 0. The van der Waals surface area contributed by atoms with Gasteiger partial charge < -0.3 is 9.47 Å². The van der Waals surface area contributed by atoms with Crippen LogP contribution in [0.5, 0.6) is 0 Å². The third-order valence-corrected chi connectivity index (χ3v) is 7.02. The van der Waals surface area contributed by atoms with E-state index in [-0.39, 0.29) is 45.0 Å². The fourth-order valence-corrected chi connectivity index (χ4v) is 4.59. The van der Waals surface area contributed by atoms with Crippen molar-refractivity contribution < 1.29 is 38.5 Å². The molecule has 13 nitrogen and oxygen atoms in total. The first kappa shape index (κ1) is 32.5. The van der Waals surface area contributed by atoms with E-state index >= 15 is 0 Å². The lowest BCUT2D eigenvalue weighted by atomic mass is 9.99. The monoisotopic (exact) mass is 645 g/mol. The van der Waals surface area contributed by atoms with E-state index in [1.54, 1.807) is 36.4 Å². The average molecular weight is 646 g/mol. The van der Waals surface area contributed by atoms with E-state index in [9.17, 15) is 39.4 Å². The normalized spacial score (nSPS) is 11.8. The molecule has 13 heteroatoms. The van der Waals surface area contributed by atoms with Crippen molar-refractivity contribution in [1.29, 1.82) is 0 Å². The van der Waals surface area contributed by atoms with Crippen LogP contribution in [-0.2, 0) is 9.47 Å². The summed E-state index contributed by atoms with van der Waals surface area (Å²) in [5, 5.41) is 22.3. The first-order chi connectivity index (χ1) is 23.1. The van der Waals surface area contributed by atoms with Gasteiger partial charge in [-0.3, -0.25) is 29.8 Å². The molecule has 0 radical (unpaired) electrons. The molecular formula is C35H23N3O10. The number of hydrogen-bond acceptors (Lipinski definition) is 11. The van der Waals surface area contributed by atoms with Gasteiger partial charge in [0.05, 0.1) is 9.85 Å². The molecule has 1 aromatic heterocycles. The number of nitrogens with zero attached hydrogens (tertiary/aromatic N) is 3. The molecule has 0 spiro atoms. The van der Waals surface area contributed by atoms with Crippen molar-refractivity contribution in [2.75, 3.05) is 0 Å².